The molecule has 1 aromatic carbocycles. The molecule has 5 heteroatoms. The van der Waals surface area contributed by atoms with E-state index in [1.165, 1.54) is 0 Å². The van der Waals surface area contributed by atoms with Gasteiger partial charge in [0.1, 0.15) is 21.9 Å². The fourth-order valence-corrected chi connectivity index (χ4v) is 3.08. The first kappa shape index (κ1) is 16.1. The van der Waals surface area contributed by atoms with E-state index in [1.807, 2.05) is 57.2 Å². The molecule has 0 fully saturated rings. The van der Waals surface area contributed by atoms with Gasteiger partial charge in [0.25, 0.3) is 0 Å². The molecule has 1 aromatic heterocycles. The van der Waals surface area contributed by atoms with E-state index in [-0.39, 0.29) is 4.75 Å². The summed E-state index contributed by atoms with van der Waals surface area (Å²) in [5.41, 5.74) is 1.11. The number of thiophene rings is 1. The van der Waals surface area contributed by atoms with Crippen molar-refractivity contribution in [2.24, 2.45) is 4.40 Å². The van der Waals surface area contributed by atoms with Crippen molar-refractivity contribution < 1.29 is 9.29 Å². The first-order valence-electron chi connectivity index (χ1n) is 6.60. The van der Waals surface area contributed by atoms with Crippen LogP contribution in [0.15, 0.2) is 40.8 Å². The lowest BCUT2D eigenvalue weighted by Gasteiger charge is -2.17. The number of hydrogen-bond donors (Lipinski definition) is 0. The summed E-state index contributed by atoms with van der Waals surface area (Å²) in [6, 6.07) is 12.0. The van der Waals surface area contributed by atoms with Gasteiger partial charge < -0.3 is 9.29 Å². The number of methoxy groups -OCH3 is 1. The van der Waals surface area contributed by atoms with Crippen molar-refractivity contribution in [1.29, 1.82) is 0 Å². The van der Waals surface area contributed by atoms with E-state index < -0.39 is 11.4 Å². The van der Waals surface area contributed by atoms with E-state index in [1.54, 1.807) is 24.7 Å². The maximum atomic E-state index is 11.9. The van der Waals surface area contributed by atoms with E-state index in [9.17, 15) is 4.55 Å². The molecule has 0 aliphatic rings. The molecule has 0 saturated carbocycles. The molecule has 2 rings (SSSR count). The van der Waals surface area contributed by atoms with Gasteiger partial charge in [-0.25, -0.2) is 0 Å². The first-order chi connectivity index (χ1) is 9.90. The lowest BCUT2D eigenvalue weighted by atomic mass is 10.2. The van der Waals surface area contributed by atoms with Crippen LogP contribution in [0, 0.1) is 0 Å². The van der Waals surface area contributed by atoms with E-state index in [4.69, 9.17) is 4.74 Å². The summed E-state index contributed by atoms with van der Waals surface area (Å²) in [5, 5.41) is 0. The van der Waals surface area contributed by atoms with Gasteiger partial charge in [-0.3, -0.25) is 0 Å². The summed E-state index contributed by atoms with van der Waals surface area (Å²) < 4.78 is 20.9. The molecule has 0 bridgehead atoms. The minimum atomic E-state index is -1.22. The predicted molar refractivity (Wildman–Crippen MR) is 91.8 cm³/mol. The first-order valence-corrected chi connectivity index (χ1v) is 8.53. The summed E-state index contributed by atoms with van der Waals surface area (Å²) >= 11 is 0.396. The van der Waals surface area contributed by atoms with Crippen LogP contribution in [0.4, 0.5) is 0 Å². The monoisotopic (exact) mass is 321 g/mol. The van der Waals surface area contributed by atoms with E-state index in [0.717, 1.165) is 21.1 Å². The van der Waals surface area contributed by atoms with Gasteiger partial charge in [0.05, 0.1) is 18.2 Å². The summed E-state index contributed by atoms with van der Waals surface area (Å²) in [7, 11) is 1.66. The molecule has 0 amide bonds. The van der Waals surface area contributed by atoms with Gasteiger partial charge in [0.15, 0.2) is 0 Å². The van der Waals surface area contributed by atoms with Crippen LogP contribution in [-0.2, 0) is 11.4 Å². The molecule has 112 valence electrons. The fraction of sp³-hybridized carbons (Fsp3) is 0.312. The number of hydrogen-bond acceptors (Lipinski definition) is 4. The van der Waals surface area contributed by atoms with Crippen LogP contribution in [0.5, 0.6) is 5.75 Å². The highest BCUT2D eigenvalue weighted by molar-refractivity contribution is 7.91. The quantitative estimate of drug-likeness (QED) is 0.622. The van der Waals surface area contributed by atoms with Crippen LogP contribution >= 0.6 is 11.3 Å². The van der Waals surface area contributed by atoms with Gasteiger partial charge in [-0.15, -0.1) is 11.3 Å². The van der Waals surface area contributed by atoms with Gasteiger partial charge in [-0.05, 0) is 50.6 Å². The molecule has 0 aliphatic heterocycles. The Labute approximate surface area is 133 Å². The largest absolute Gasteiger partial charge is 0.591 e. The number of benzene rings is 1. The Morgan fingerprint density at radius 2 is 2.00 bits per heavy atom. The third-order valence-corrected chi connectivity index (χ3v) is 5.19. The standard InChI is InChI=1S/C16H19NO2S2/c1-16(2,3)21(18)17-11-14-8-9-15(20-14)12-6-5-7-13(10-12)19-4/h5-11H,1-4H3. The second-order valence-electron chi connectivity index (χ2n) is 5.53. The summed E-state index contributed by atoms with van der Waals surface area (Å²) in [5.74, 6) is 0.838. The van der Waals surface area contributed by atoms with Gasteiger partial charge in [-0.1, -0.05) is 16.5 Å². The molecule has 3 nitrogen and oxygen atoms in total. The Morgan fingerprint density at radius 3 is 2.67 bits per heavy atom. The summed E-state index contributed by atoms with van der Waals surface area (Å²) in [6.07, 6.45) is 1.69. The Balaban J connectivity index is 2.16. The molecular formula is C16H19NO2S2. The maximum absolute atomic E-state index is 11.9. The van der Waals surface area contributed by atoms with Crippen molar-refractivity contribution in [2.75, 3.05) is 7.11 Å². The van der Waals surface area contributed by atoms with Crippen LogP contribution in [0.2, 0.25) is 0 Å². The van der Waals surface area contributed by atoms with Gasteiger partial charge in [0, 0.05) is 4.88 Å². The van der Waals surface area contributed by atoms with Crippen molar-refractivity contribution in [3.8, 4) is 16.2 Å². The highest BCUT2D eigenvalue weighted by Gasteiger charge is 2.25. The highest BCUT2D eigenvalue weighted by atomic mass is 32.2. The molecule has 0 radical (unpaired) electrons. The van der Waals surface area contributed by atoms with Crippen LogP contribution < -0.4 is 4.74 Å². The molecule has 2 aromatic rings. The van der Waals surface area contributed by atoms with E-state index in [0.29, 0.717) is 0 Å². The number of nitrogens with zero attached hydrogens (tertiary/aromatic N) is 1. The minimum Gasteiger partial charge on any atom is -0.591 e. The Hall–Kier alpha value is -1.30. The van der Waals surface area contributed by atoms with Crippen molar-refractivity contribution in [1.82, 2.24) is 0 Å². The fourth-order valence-electron chi connectivity index (χ4n) is 1.61. The maximum Gasteiger partial charge on any atom is 0.144 e. The van der Waals surface area contributed by atoms with Crippen LogP contribution in [0.1, 0.15) is 25.6 Å². The zero-order valence-corrected chi connectivity index (χ0v) is 14.3. The van der Waals surface area contributed by atoms with Crippen molar-refractivity contribution in [3.63, 3.8) is 0 Å². The van der Waals surface area contributed by atoms with Crippen molar-refractivity contribution in [2.45, 2.75) is 25.5 Å². The Kier molecular flexibility index (Phi) is 5.08. The SMILES string of the molecule is COc1cccc(-c2ccc(C=N[S+]([O-])C(C)(C)C)s2)c1. The lowest BCUT2D eigenvalue weighted by Crippen LogP contribution is -2.25. The van der Waals surface area contributed by atoms with Crippen molar-refractivity contribution in [3.05, 3.63) is 41.3 Å². The molecule has 21 heavy (non-hydrogen) atoms. The molecule has 0 aliphatic carbocycles. The normalized spacial score (nSPS) is 13.6. The third-order valence-electron chi connectivity index (χ3n) is 2.78. The van der Waals surface area contributed by atoms with Gasteiger partial charge >= 0.3 is 0 Å². The van der Waals surface area contributed by atoms with Crippen LogP contribution in [0.3, 0.4) is 0 Å². The smallest absolute Gasteiger partial charge is 0.144 e. The molecule has 1 unspecified atom stereocenters. The summed E-state index contributed by atoms with van der Waals surface area (Å²) in [6.45, 7) is 5.74. The molecule has 0 spiro atoms. The second-order valence-corrected chi connectivity index (χ2v) is 8.58. The van der Waals surface area contributed by atoms with E-state index >= 15 is 0 Å². The molecule has 0 saturated heterocycles. The zero-order chi connectivity index (χ0) is 15.5. The van der Waals surface area contributed by atoms with E-state index in [2.05, 4.69) is 4.40 Å². The topological polar surface area (TPSA) is 44.6 Å². The Morgan fingerprint density at radius 1 is 1.24 bits per heavy atom. The summed E-state index contributed by atoms with van der Waals surface area (Å²) in [4.78, 5) is 2.13. The average molecular weight is 321 g/mol. The molecule has 0 N–H and O–H groups in total. The minimum absolute atomic E-state index is 0.330. The molecule has 1 atom stereocenters. The zero-order valence-electron chi connectivity index (χ0n) is 12.6. The molecule has 1 heterocycles. The molecular weight excluding hydrogens is 302 g/mol. The lowest BCUT2D eigenvalue weighted by molar-refractivity contribution is 0.415. The van der Waals surface area contributed by atoms with Crippen molar-refractivity contribution >= 4 is 28.9 Å². The second kappa shape index (κ2) is 6.64. The average Bonchev–Trinajstić information content (AvgIpc) is 2.92. The van der Waals surface area contributed by atoms with Crippen LogP contribution in [0.25, 0.3) is 10.4 Å². The predicted octanol–water partition coefficient (Wildman–Crippen LogP) is 4.30. The number of ether oxygens (including phenoxy) is 1. The Bertz CT molecular complexity index is 629. The van der Waals surface area contributed by atoms with Gasteiger partial charge in [-0.2, -0.15) is 0 Å². The van der Waals surface area contributed by atoms with Crippen LogP contribution in [-0.4, -0.2) is 22.6 Å². The van der Waals surface area contributed by atoms with Gasteiger partial charge in [0.2, 0.25) is 0 Å². The highest BCUT2D eigenvalue weighted by Crippen LogP contribution is 2.30. The number of rotatable bonds is 4. The third kappa shape index (κ3) is 4.33.